The summed E-state index contributed by atoms with van der Waals surface area (Å²) < 4.78 is 5.96. The lowest BCUT2D eigenvalue weighted by Crippen LogP contribution is -1.92. The second-order valence-corrected chi connectivity index (χ2v) is 4.80. The smallest absolute Gasteiger partial charge is 0.135 e. The number of benzene rings is 3. The molecule has 3 rings (SSSR count). The zero-order valence-corrected chi connectivity index (χ0v) is 11.5. The molecular formula is C18H16N2O. The summed E-state index contributed by atoms with van der Waals surface area (Å²) in [6, 6.07) is 23.0. The Morgan fingerprint density at radius 1 is 0.667 bits per heavy atom. The van der Waals surface area contributed by atoms with Crippen LogP contribution in [-0.2, 0) is 0 Å². The molecule has 0 unspecified atom stereocenters. The number of hydrogen-bond acceptors (Lipinski definition) is 3. The van der Waals surface area contributed by atoms with Crippen LogP contribution >= 0.6 is 0 Å². The van der Waals surface area contributed by atoms with Crippen molar-refractivity contribution in [1.82, 2.24) is 0 Å². The largest absolute Gasteiger partial charge is 0.457 e. The summed E-state index contributed by atoms with van der Waals surface area (Å²) in [6.07, 6.45) is 0. The molecule has 0 aliphatic carbocycles. The van der Waals surface area contributed by atoms with Crippen molar-refractivity contribution in [3.05, 3.63) is 72.8 Å². The number of hydrogen-bond donors (Lipinski definition) is 2. The first kappa shape index (κ1) is 13.1. The molecule has 3 aromatic carbocycles. The van der Waals surface area contributed by atoms with Gasteiger partial charge in [0.2, 0.25) is 0 Å². The van der Waals surface area contributed by atoms with E-state index in [0.29, 0.717) is 17.1 Å². The fraction of sp³-hybridized carbons (Fsp3) is 0. The molecule has 0 fully saturated rings. The van der Waals surface area contributed by atoms with Crippen LogP contribution in [0.15, 0.2) is 72.8 Å². The quantitative estimate of drug-likeness (QED) is 0.701. The summed E-state index contributed by atoms with van der Waals surface area (Å²) in [5, 5.41) is 0. The Hall–Kier alpha value is -2.94. The van der Waals surface area contributed by atoms with Gasteiger partial charge in [-0.1, -0.05) is 36.4 Å². The summed E-state index contributed by atoms with van der Waals surface area (Å²) in [5.74, 6) is 1.46. The van der Waals surface area contributed by atoms with Gasteiger partial charge in [0.05, 0.1) is 0 Å². The fourth-order valence-corrected chi connectivity index (χ4v) is 2.18. The highest BCUT2D eigenvalue weighted by Crippen LogP contribution is 2.35. The maximum atomic E-state index is 5.96. The molecule has 3 nitrogen and oxygen atoms in total. The third kappa shape index (κ3) is 2.98. The van der Waals surface area contributed by atoms with Crippen molar-refractivity contribution in [2.75, 3.05) is 11.5 Å². The lowest BCUT2D eigenvalue weighted by atomic mass is 10.0. The number of nitrogen functional groups attached to an aromatic ring is 2. The van der Waals surface area contributed by atoms with Crippen LogP contribution in [0.1, 0.15) is 0 Å². The fourth-order valence-electron chi connectivity index (χ4n) is 2.18. The monoisotopic (exact) mass is 276 g/mol. The van der Waals surface area contributed by atoms with E-state index in [9.17, 15) is 0 Å². The van der Waals surface area contributed by atoms with Crippen molar-refractivity contribution >= 4 is 11.4 Å². The zero-order valence-electron chi connectivity index (χ0n) is 11.5. The Bertz CT molecular complexity index is 754. The molecule has 4 N–H and O–H groups in total. The molecule has 21 heavy (non-hydrogen) atoms. The molecule has 3 aromatic rings. The van der Waals surface area contributed by atoms with Crippen LogP contribution in [0.5, 0.6) is 11.5 Å². The van der Waals surface area contributed by atoms with E-state index >= 15 is 0 Å². The van der Waals surface area contributed by atoms with E-state index in [1.807, 2.05) is 66.7 Å². The molecule has 0 bridgehead atoms. The van der Waals surface area contributed by atoms with Crippen LogP contribution in [-0.4, -0.2) is 0 Å². The summed E-state index contributed by atoms with van der Waals surface area (Å²) in [5.41, 5.74) is 15.1. The highest BCUT2D eigenvalue weighted by atomic mass is 16.5. The third-order valence-electron chi connectivity index (χ3n) is 3.17. The number of nitrogens with two attached hydrogens (primary N) is 2. The molecule has 104 valence electrons. The van der Waals surface area contributed by atoms with Gasteiger partial charge in [-0.15, -0.1) is 0 Å². The first-order chi connectivity index (χ1) is 10.2. The summed E-state index contributed by atoms with van der Waals surface area (Å²) in [4.78, 5) is 0. The molecule has 0 heterocycles. The topological polar surface area (TPSA) is 61.3 Å². The summed E-state index contributed by atoms with van der Waals surface area (Å²) in [7, 11) is 0. The average molecular weight is 276 g/mol. The van der Waals surface area contributed by atoms with E-state index in [1.165, 1.54) is 0 Å². The van der Waals surface area contributed by atoms with Gasteiger partial charge >= 0.3 is 0 Å². The molecule has 0 atom stereocenters. The van der Waals surface area contributed by atoms with Gasteiger partial charge in [-0.05, 0) is 35.9 Å². The molecule has 0 aliphatic heterocycles. The van der Waals surface area contributed by atoms with Crippen LogP contribution in [0.2, 0.25) is 0 Å². The van der Waals surface area contributed by atoms with E-state index < -0.39 is 0 Å². The van der Waals surface area contributed by atoms with Crippen molar-refractivity contribution in [2.45, 2.75) is 0 Å². The minimum atomic E-state index is 0.671. The Morgan fingerprint density at radius 2 is 1.43 bits per heavy atom. The molecule has 3 heteroatoms. The SMILES string of the molecule is Nc1cccc(Oc2ccc(N)cc2-c2ccccc2)c1. The lowest BCUT2D eigenvalue weighted by Gasteiger charge is -2.12. The second kappa shape index (κ2) is 5.59. The van der Waals surface area contributed by atoms with Gasteiger partial charge in [-0.25, -0.2) is 0 Å². The van der Waals surface area contributed by atoms with E-state index in [0.717, 1.165) is 16.9 Å². The highest BCUT2D eigenvalue weighted by Gasteiger charge is 2.08. The van der Waals surface area contributed by atoms with Gasteiger partial charge in [0, 0.05) is 23.0 Å². The minimum absolute atomic E-state index is 0.671. The van der Waals surface area contributed by atoms with E-state index in [2.05, 4.69) is 0 Å². The van der Waals surface area contributed by atoms with Crippen LogP contribution in [0.4, 0.5) is 11.4 Å². The lowest BCUT2D eigenvalue weighted by molar-refractivity contribution is 0.485. The number of rotatable bonds is 3. The maximum absolute atomic E-state index is 5.96. The van der Waals surface area contributed by atoms with E-state index in [4.69, 9.17) is 16.2 Å². The van der Waals surface area contributed by atoms with Crippen LogP contribution in [0.25, 0.3) is 11.1 Å². The molecule has 0 saturated carbocycles. The molecule has 0 aliphatic rings. The number of anilines is 2. The van der Waals surface area contributed by atoms with Crippen molar-refractivity contribution < 1.29 is 4.74 Å². The highest BCUT2D eigenvalue weighted by molar-refractivity contribution is 5.74. The minimum Gasteiger partial charge on any atom is -0.457 e. The molecule has 0 spiro atoms. The van der Waals surface area contributed by atoms with Gasteiger partial charge in [-0.3, -0.25) is 0 Å². The van der Waals surface area contributed by atoms with Gasteiger partial charge in [-0.2, -0.15) is 0 Å². The standard InChI is InChI=1S/C18H16N2O/c19-14-7-4-8-16(11-14)21-18-10-9-15(20)12-17(18)13-5-2-1-3-6-13/h1-12H,19-20H2. The molecule has 0 amide bonds. The normalized spacial score (nSPS) is 10.3. The van der Waals surface area contributed by atoms with Gasteiger partial charge in [0.1, 0.15) is 11.5 Å². The Kier molecular flexibility index (Phi) is 3.48. The van der Waals surface area contributed by atoms with Gasteiger partial charge in [0.15, 0.2) is 0 Å². The van der Waals surface area contributed by atoms with Gasteiger partial charge < -0.3 is 16.2 Å². The van der Waals surface area contributed by atoms with Crippen molar-refractivity contribution in [3.8, 4) is 22.6 Å². The Morgan fingerprint density at radius 3 is 2.19 bits per heavy atom. The Balaban J connectivity index is 2.03. The third-order valence-corrected chi connectivity index (χ3v) is 3.17. The second-order valence-electron chi connectivity index (χ2n) is 4.80. The predicted octanol–water partition coefficient (Wildman–Crippen LogP) is 4.31. The predicted molar refractivity (Wildman–Crippen MR) is 87.2 cm³/mol. The van der Waals surface area contributed by atoms with Crippen molar-refractivity contribution in [1.29, 1.82) is 0 Å². The molecule has 0 radical (unpaired) electrons. The molecular weight excluding hydrogens is 260 g/mol. The maximum Gasteiger partial charge on any atom is 0.135 e. The molecule has 0 saturated heterocycles. The number of ether oxygens (including phenoxy) is 1. The van der Waals surface area contributed by atoms with Crippen molar-refractivity contribution in [2.24, 2.45) is 0 Å². The van der Waals surface area contributed by atoms with E-state index in [1.54, 1.807) is 6.07 Å². The summed E-state index contributed by atoms with van der Waals surface area (Å²) in [6.45, 7) is 0. The van der Waals surface area contributed by atoms with Crippen LogP contribution in [0.3, 0.4) is 0 Å². The van der Waals surface area contributed by atoms with E-state index in [-0.39, 0.29) is 0 Å². The first-order valence-corrected chi connectivity index (χ1v) is 6.71. The van der Waals surface area contributed by atoms with Gasteiger partial charge in [0.25, 0.3) is 0 Å². The average Bonchev–Trinajstić information content (AvgIpc) is 2.50. The van der Waals surface area contributed by atoms with Crippen LogP contribution < -0.4 is 16.2 Å². The Labute approximate surface area is 123 Å². The zero-order chi connectivity index (χ0) is 14.7. The summed E-state index contributed by atoms with van der Waals surface area (Å²) >= 11 is 0. The molecule has 0 aromatic heterocycles. The van der Waals surface area contributed by atoms with Crippen LogP contribution in [0, 0.1) is 0 Å². The van der Waals surface area contributed by atoms with Crippen molar-refractivity contribution in [3.63, 3.8) is 0 Å². The first-order valence-electron chi connectivity index (χ1n) is 6.71.